The molecule has 92 valence electrons. The highest BCUT2D eigenvalue weighted by Gasteiger charge is 2.35. The zero-order chi connectivity index (χ0) is 12.8. The van der Waals surface area contributed by atoms with Gasteiger partial charge in [-0.15, -0.1) is 0 Å². The van der Waals surface area contributed by atoms with Crippen LogP contribution in [0.25, 0.3) is 10.8 Å². The average Bonchev–Trinajstić information content (AvgIpc) is 2.46. The first-order chi connectivity index (χ1) is 9.33. The smallest absolute Gasteiger partial charge is 0.177 e. The predicted octanol–water partition coefficient (Wildman–Crippen LogP) is 3.53. The van der Waals surface area contributed by atoms with Crippen LogP contribution in [0, 0.1) is 5.92 Å². The van der Waals surface area contributed by atoms with E-state index < -0.39 is 0 Å². The third-order valence-electron chi connectivity index (χ3n) is 3.76. The molecule has 4 rings (SSSR count). The van der Waals surface area contributed by atoms with E-state index in [0.717, 1.165) is 10.8 Å². The third-order valence-corrected chi connectivity index (χ3v) is 3.76. The fourth-order valence-corrected chi connectivity index (χ4v) is 2.77. The van der Waals surface area contributed by atoms with Crippen molar-refractivity contribution in [1.29, 1.82) is 0 Å². The van der Waals surface area contributed by atoms with Gasteiger partial charge in [-0.1, -0.05) is 42.5 Å². The van der Waals surface area contributed by atoms with Gasteiger partial charge in [-0.3, -0.25) is 4.79 Å². The first-order valence-corrected chi connectivity index (χ1v) is 6.41. The van der Waals surface area contributed by atoms with E-state index in [1.165, 1.54) is 0 Å². The van der Waals surface area contributed by atoms with Crippen molar-refractivity contribution in [2.75, 3.05) is 0 Å². The minimum atomic E-state index is -0.182. The summed E-state index contributed by atoms with van der Waals surface area (Å²) in [4.78, 5) is 12.5. The van der Waals surface area contributed by atoms with Gasteiger partial charge < -0.3 is 4.74 Å². The lowest BCUT2D eigenvalue weighted by molar-refractivity contribution is 0.0807. The molecule has 0 saturated carbocycles. The maximum atomic E-state index is 12.5. The predicted molar refractivity (Wildman–Crippen MR) is 74.5 cm³/mol. The Hall–Kier alpha value is -2.35. The molecule has 2 aliphatic rings. The molecule has 2 aromatic carbocycles. The Labute approximate surface area is 111 Å². The van der Waals surface area contributed by atoms with Gasteiger partial charge in [-0.05, 0) is 29.0 Å². The number of hydrogen-bond acceptors (Lipinski definition) is 2. The zero-order valence-corrected chi connectivity index (χ0v) is 10.2. The van der Waals surface area contributed by atoms with E-state index in [0.29, 0.717) is 11.3 Å². The largest absolute Gasteiger partial charge is 0.484 e. The van der Waals surface area contributed by atoms with Crippen LogP contribution in [0.2, 0.25) is 0 Å². The molecule has 0 bridgehead atoms. The zero-order valence-electron chi connectivity index (χ0n) is 10.2. The molecule has 0 radical (unpaired) electrons. The summed E-state index contributed by atoms with van der Waals surface area (Å²) in [7, 11) is 0. The summed E-state index contributed by atoms with van der Waals surface area (Å²) in [6, 6.07) is 11.9. The summed E-state index contributed by atoms with van der Waals surface area (Å²) < 4.78 is 5.96. The Morgan fingerprint density at radius 1 is 0.947 bits per heavy atom. The van der Waals surface area contributed by atoms with Gasteiger partial charge in [0.2, 0.25) is 0 Å². The van der Waals surface area contributed by atoms with Gasteiger partial charge in [0.15, 0.2) is 5.78 Å². The second-order valence-corrected chi connectivity index (χ2v) is 4.94. The Kier molecular flexibility index (Phi) is 2.12. The fourth-order valence-electron chi connectivity index (χ4n) is 2.77. The minimum absolute atomic E-state index is 0.151. The molecule has 0 aromatic heterocycles. The quantitative estimate of drug-likeness (QED) is 0.713. The molecule has 0 unspecified atom stereocenters. The molecule has 0 spiro atoms. The van der Waals surface area contributed by atoms with Gasteiger partial charge >= 0.3 is 0 Å². The van der Waals surface area contributed by atoms with Gasteiger partial charge in [0.05, 0.1) is 11.5 Å². The number of rotatable bonds is 0. The lowest BCUT2D eigenvalue weighted by Gasteiger charge is -2.30. The molecular weight excluding hydrogens is 236 g/mol. The Morgan fingerprint density at radius 3 is 2.53 bits per heavy atom. The van der Waals surface area contributed by atoms with Crippen molar-refractivity contribution in [3.63, 3.8) is 0 Å². The van der Waals surface area contributed by atoms with E-state index in [1.807, 2.05) is 60.7 Å². The van der Waals surface area contributed by atoms with Crippen LogP contribution in [-0.2, 0) is 0 Å². The first kappa shape index (κ1) is 10.6. The Bertz CT molecular complexity index is 740. The van der Waals surface area contributed by atoms with Crippen LogP contribution >= 0.6 is 0 Å². The molecule has 0 amide bonds. The summed E-state index contributed by atoms with van der Waals surface area (Å²) in [5.74, 6) is 0.668. The average molecular weight is 248 g/mol. The molecular formula is C17H12O2. The van der Waals surface area contributed by atoms with Gasteiger partial charge in [0, 0.05) is 0 Å². The normalized spacial score (nSPS) is 23.9. The summed E-state index contributed by atoms with van der Waals surface area (Å²) in [6.45, 7) is 0. The highest BCUT2D eigenvalue weighted by Crippen LogP contribution is 2.36. The van der Waals surface area contributed by atoms with Crippen LogP contribution in [-0.4, -0.2) is 11.9 Å². The van der Waals surface area contributed by atoms with Gasteiger partial charge in [0.25, 0.3) is 0 Å². The molecule has 0 saturated heterocycles. The highest BCUT2D eigenvalue weighted by molar-refractivity contribution is 6.06. The van der Waals surface area contributed by atoms with Crippen LogP contribution < -0.4 is 4.74 Å². The SMILES string of the molecule is O=C1c2cc3ccccc3cc2O[C@H]2C=CC=C[C@H]12. The standard InChI is InChI=1S/C17H12O2/c18-17-13-7-3-4-8-15(13)19-16-10-12-6-2-1-5-11(12)9-14(16)17/h1-10,13,15H/t13-,15-/m0/s1. The van der Waals surface area contributed by atoms with E-state index in [1.54, 1.807) is 0 Å². The molecule has 1 aliphatic carbocycles. The fraction of sp³-hybridized carbons (Fsp3) is 0.118. The lowest BCUT2D eigenvalue weighted by atomic mass is 9.86. The van der Waals surface area contributed by atoms with Crippen molar-refractivity contribution in [2.24, 2.45) is 5.92 Å². The topological polar surface area (TPSA) is 26.3 Å². The first-order valence-electron chi connectivity index (χ1n) is 6.41. The number of benzene rings is 2. The maximum absolute atomic E-state index is 12.5. The van der Waals surface area contributed by atoms with Gasteiger partial charge in [-0.25, -0.2) is 0 Å². The minimum Gasteiger partial charge on any atom is -0.484 e. The second kappa shape index (κ2) is 3.82. The lowest BCUT2D eigenvalue weighted by Crippen LogP contribution is -2.36. The van der Waals surface area contributed by atoms with Crippen LogP contribution in [0.4, 0.5) is 0 Å². The van der Waals surface area contributed by atoms with E-state index in [-0.39, 0.29) is 17.8 Å². The van der Waals surface area contributed by atoms with Crippen LogP contribution in [0.5, 0.6) is 5.75 Å². The van der Waals surface area contributed by atoms with Crippen molar-refractivity contribution in [3.05, 3.63) is 66.3 Å². The summed E-state index contributed by atoms with van der Waals surface area (Å²) in [5, 5.41) is 2.18. The second-order valence-electron chi connectivity index (χ2n) is 4.94. The summed E-state index contributed by atoms with van der Waals surface area (Å²) >= 11 is 0. The van der Waals surface area contributed by atoms with Gasteiger partial charge in [0.1, 0.15) is 11.9 Å². The van der Waals surface area contributed by atoms with Crippen LogP contribution in [0.15, 0.2) is 60.7 Å². The molecule has 1 aliphatic heterocycles. The van der Waals surface area contributed by atoms with Gasteiger partial charge in [-0.2, -0.15) is 0 Å². The number of Topliss-reactive ketones (excluding diaryl/α,β-unsaturated/α-hetero) is 1. The van der Waals surface area contributed by atoms with E-state index in [4.69, 9.17) is 4.74 Å². The number of carbonyl (C=O) groups excluding carboxylic acids is 1. The van der Waals surface area contributed by atoms with E-state index in [2.05, 4.69) is 0 Å². The number of fused-ring (bicyclic) bond motifs is 3. The molecule has 0 N–H and O–H groups in total. The highest BCUT2D eigenvalue weighted by atomic mass is 16.5. The van der Waals surface area contributed by atoms with E-state index >= 15 is 0 Å². The summed E-state index contributed by atoms with van der Waals surface area (Å²) in [6.07, 6.45) is 7.55. The Morgan fingerprint density at radius 2 is 1.68 bits per heavy atom. The molecule has 2 heteroatoms. The van der Waals surface area contributed by atoms with E-state index in [9.17, 15) is 4.79 Å². The van der Waals surface area contributed by atoms with Crippen molar-refractivity contribution in [2.45, 2.75) is 6.10 Å². The van der Waals surface area contributed by atoms with Crippen molar-refractivity contribution in [3.8, 4) is 5.75 Å². The number of carbonyl (C=O) groups is 1. The van der Waals surface area contributed by atoms with Crippen LogP contribution in [0.1, 0.15) is 10.4 Å². The molecule has 0 fully saturated rings. The van der Waals surface area contributed by atoms with Crippen molar-refractivity contribution < 1.29 is 9.53 Å². The summed E-state index contributed by atoms with van der Waals surface area (Å²) in [5.41, 5.74) is 0.694. The maximum Gasteiger partial charge on any atom is 0.177 e. The number of ether oxygens (including phenoxy) is 1. The van der Waals surface area contributed by atoms with Crippen molar-refractivity contribution in [1.82, 2.24) is 0 Å². The molecule has 2 atom stereocenters. The van der Waals surface area contributed by atoms with Crippen molar-refractivity contribution >= 4 is 16.6 Å². The Balaban J connectivity index is 1.93. The molecule has 1 heterocycles. The number of ketones is 1. The number of allylic oxidation sites excluding steroid dienone is 2. The molecule has 2 nitrogen and oxygen atoms in total. The monoisotopic (exact) mass is 248 g/mol. The number of hydrogen-bond donors (Lipinski definition) is 0. The third kappa shape index (κ3) is 1.53. The molecule has 19 heavy (non-hydrogen) atoms. The molecule has 2 aromatic rings. The van der Waals surface area contributed by atoms with Crippen LogP contribution in [0.3, 0.4) is 0 Å².